The quantitative estimate of drug-likeness (QED) is 0.584. The average molecular weight is 335 g/mol. The van der Waals surface area contributed by atoms with Gasteiger partial charge in [0.25, 0.3) is 0 Å². The molecule has 1 rings (SSSR count). The van der Waals surface area contributed by atoms with Crippen LogP contribution in [0.2, 0.25) is 0 Å². The smallest absolute Gasteiger partial charge is 0.200 e. The highest BCUT2D eigenvalue weighted by Gasteiger charge is 2.28. The number of hydrogen-bond donors (Lipinski definition) is 0. The van der Waals surface area contributed by atoms with Gasteiger partial charge in [0.2, 0.25) is 5.82 Å². The van der Waals surface area contributed by atoms with Crippen molar-refractivity contribution >= 4 is 15.9 Å². The molecule has 4 heteroatoms. The Hall–Kier alpha value is -0.640. The summed E-state index contributed by atoms with van der Waals surface area (Å²) in [6.45, 7) is 4.64. The van der Waals surface area contributed by atoms with E-state index in [-0.39, 0.29) is 11.2 Å². The van der Waals surface area contributed by atoms with Crippen molar-refractivity contribution in [3.63, 3.8) is 0 Å². The van der Waals surface area contributed by atoms with Gasteiger partial charge < -0.3 is 4.74 Å². The van der Waals surface area contributed by atoms with E-state index in [0.29, 0.717) is 6.61 Å². The number of alkyl halides is 1. The second-order valence-corrected chi connectivity index (χ2v) is 5.53. The van der Waals surface area contributed by atoms with E-state index in [0.717, 1.165) is 37.1 Å². The van der Waals surface area contributed by atoms with Crippen LogP contribution in [0.1, 0.15) is 39.5 Å². The maximum absolute atomic E-state index is 13.5. The predicted molar refractivity (Wildman–Crippen MR) is 77.9 cm³/mol. The normalized spacial score (nSPS) is 11.6. The zero-order chi connectivity index (χ0) is 14.3. The summed E-state index contributed by atoms with van der Waals surface area (Å²) in [6, 6.07) is 4.02. The second kappa shape index (κ2) is 7.83. The van der Waals surface area contributed by atoms with Crippen molar-refractivity contribution in [2.24, 2.45) is 5.41 Å². The molecule has 0 N–H and O–H groups in total. The minimum absolute atomic E-state index is 0.00229. The Balaban J connectivity index is 2.77. The van der Waals surface area contributed by atoms with Gasteiger partial charge in [-0.05, 0) is 25.0 Å². The van der Waals surface area contributed by atoms with E-state index in [1.807, 2.05) is 0 Å². The maximum atomic E-state index is 13.5. The molecular weight excluding hydrogens is 314 g/mol. The molecule has 0 saturated heterocycles. The van der Waals surface area contributed by atoms with Crippen LogP contribution in [-0.4, -0.2) is 11.9 Å². The minimum Gasteiger partial charge on any atom is -0.490 e. The van der Waals surface area contributed by atoms with Crippen LogP contribution in [0.5, 0.6) is 5.75 Å². The Labute approximate surface area is 122 Å². The van der Waals surface area contributed by atoms with Gasteiger partial charge in [0.15, 0.2) is 11.6 Å². The number of ether oxygens (including phenoxy) is 1. The van der Waals surface area contributed by atoms with E-state index in [9.17, 15) is 8.78 Å². The van der Waals surface area contributed by atoms with Gasteiger partial charge in [-0.2, -0.15) is 4.39 Å². The fourth-order valence-electron chi connectivity index (χ4n) is 2.33. The zero-order valence-corrected chi connectivity index (χ0v) is 13.1. The lowest BCUT2D eigenvalue weighted by Crippen LogP contribution is -2.30. The molecule has 0 atom stereocenters. The van der Waals surface area contributed by atoms with Crippen molar-refractivity contribution in [1.82, 2.24) is 0 Å². The van der Waals surface area contributed by atoms with Crippen LogP contribution in [0.3, 0.4) is 0 Å². The van der Waals surface area contributed by atoms with E-state index in [1.165, 1.54) is 12.1 Å². The highest BCUT2D eigenvalue weighted by molar-refractivity contribution is 9.09. The van der Waals surface area contributed by atoms with E-state index in [1.54, 1.807) is 0 Å². The Kier molecular flexibility index (Phi) is 6.76. The first-order valence-corrected chi connectivity index (χ1v) is 7.83. The molecule has 0 fully saturated rings. The molecule has 108 valence electrons. The van der Waals surface area contributed by atoms with Crippen LogP contribution in [-0.2, 0) is 0 Å². The summed E-state index contributed by atoms with van der Waals surface area (Å²) < 4.78 is 32.2. The molecule has 0 aliphatic carbocycles. The molecule has 0 amide bonds. The number of benzene rings is 1. The minimum atomic E-state index is -0.904. The first-order chi connectivity index (χ1) is 9.08. The highest BCUT2D eigenvalue weighted by atomic mass is 79.9. The van der Waals surface area contributed by atoms with Crippen molar-refractivity contribution < 1.29 is 13.5 Å². The van der Waals surface area contributed by atoms with Gasteiger partial charge in [0, 0.05) is 10.7 Å². The molecule has 0 heterocycles. The third kappa shape index (κ3) is 4.44. The Morgan fingerprint density at radius 3 is 2.32 bits per heavy atom. The molecule has 1 nitrogen and oxygen atoms in total. The van der Waals surface area contributed by atoms with Gasteiger partial charge in [-0.15, -0.1) is 0 Å². The van der Waals surface area contributed by atoms with Crippen molar-refractivity contribution in [2.75, 3.05) is 11.9 Å². The number of hydrogen-bond acceptors (Lipinski definition) is 1. The summed E-state index contributed by atoms with van der Waals surface area (Å²) in [6.07, 6.45) is 4.09. The van der Waals surface area contributed by atoms with Crippen LogP contribution in [0.15, 0.2) is 18.2 Å². The van der Waals surface area contributed by atoms with Gasteiger partial charge in [-0.1, -0.05) is 48.7 Å². The van der Waals surface area contributed by atoms with Crippen molar-refractivity contribution in [1.29, 1.82) is 0 Å². The lowest BCUT2D eigenvalue weighted by Gasteiger charge is -2.31. The molecule has 0 aromatic heterocycles. The Bertz CT molecular complexity index is 390. The van der Waals surface area contributed by atoms with Crippen LogP contribution in [0.4, 0.5) is 8.78 Å². The average Bonchev–Trinajstić information content (AvgIpc) is 2.40. The standard InChI is InChI=1S/C15H21BrF2O/c1-3-8-15(10-16,9-4-2)11-19-13-7-5-6-12(17)14(13)18/h5-7H,3-4,8-11H2,1-2H3. The number of halogens is 3. The first-order valence-electron chi connectivity index (χ1n) is 6.71. The summed E-state index contributed by atoms with van der Waals surface area (Å²) >= 11 is 3.53. The van der Waals surface area contributed by atoms with Gasteiger partial charge in [0.05, 0.1) is 6.61 Å². The van der Waals surface area contributed by atoms with Gasteiger partial charge in [-0.25, -0.2) is 4.39 Å². The zero-order valence-electron chi connectivity index (χ0n) is 11.5. The van der Waals surface area contributed by atoms with Gasteiger partial charge in [-0.3, -0.25) is 0 Å². The van der Waals surface area contributed by atoms with Gasteiger partial charge >= 0.3 is 0 Å². The van der Waals surface area contributed by atoms with Crippen LogP contribution in [0.25, 0.3) is 0 Å². The molecule has 0 saturated carbocycles. The van der Waals surface area contributed by atoms with E-state index >= 15 is 0 Å². The molecule has 0 bridgehead atoms. The van der Waals surface area contributed by atoms with Crippen LogP contribution >= 0.6 is 15.9 Å². The van der Waals surface area contributed by atoms with E-state index in [4.69, 9.17) is 4.74 Å². The predicted octanol–water partition coefficient (Wildman–Crippen LogP) is 5.33. The fraction of sp³-hybridized carbons (Fsp3) is 0.600. The van der Waals surface area contributed by atoms with E-state index in [2.05, 4.69) is 29.8 Å². The third-order valence-electron chi connectivity index (χ3n) is 3.29. The molecule has 19 heavy (non-hydrogen) atoms. The molecule has 1 aromatic rings. The molecular formula is C15H21BrF2O. The summed E-state index contributed by atoms with van der Waals surface area (Å²) in [5.74, 6) is -1.77. The van der Waals surface area contributed by atoms with Crippen molar-refractivity contribution in [2.45, 2.75) is 39.5 Å². The van der Waals surface area contributed by atoms with Crippen molar-refractivity contribution in [3.05, 3.63) is 29.8 Å². The van der Waals surface area contributed by atoms with Crippen molar-refractivity contribution in [3.8, 4) is 5.75 Å². The summed E-state index contributed by atoms with van der Waals surface area (Å²) in [5.41, 5.74) is -0.0116. The second-order valence-electron chi connectivity index (χ2n) is 4.97. The van der Waals surface area contributed by atoms with Gasteiger partial charge in [0.1, 0.15) is 0 Å². The largest absolute Gasteiger partial charge is 0.490 e. The van der Waals surface area contributed by atoms with Crippen LogP contribution in [0, 0.1) is 17.0 Å². The van der Waals surface area contributed by atoms with E-state index < -0.39 is 11.6 Å². The summed E-state index contributed by atoms with van der Waals surface area (Å²) in [7, 11) is 0. The fourth-order valence-corrected chi connectivity index (χ4v) is 3.05. The lowest BCUT2D eigenvalue weighted by molar-refractivity contribution is 0.139. The SMILES string of the molecule is CCCC(CBr)(CCC)COc1cccc(F)c1F. The molecule has 0 aliphatic rings. The first kappa shape index (κ1) is 16.4. The third-order valence-corrected chi connectivity index (χ3v) is 4.48. The molecule has 0 radical (unpaired) electrons. The highest BCUT2D eigenvalue weighted by Crippen LogP contribution is 2.33. The monoisotopic (exact) mass is 334 g/mol. The molecule has 0 spiro atoms. The molecule has 0 aliphatic heterocycles. The molecule has 1 aromatic carbocycles. The Morgan fingerprint density at radius 2 is 1.79 bits per heavy atom. The summed E-state index contributed by atoms with van der Waals surface area (Å²) in [4.78, 5) is 0. The lowest BCUT2D eigenvalue weighted by atomic mass is 9.82. The Morgan fingerprint density at radius 1 is 1.16 bits per heavy atom. The summed E-state index contributed by atoms with van der Waals surface area (Å²) in [5, 5.41) is 0.804. The van der Waals surface area contributed by atoms with Crippen LogP contribution < -0.4 is 4.74 Å². The maximum Gasteiger partial charge on any atom is 0.200 e. The molecule has 0 unspecified atom stereocenters. The topological polar surface area (TPSA) is 9.23 Å². The number of rotatable bonds is 8.